The second kappa shape index (κ2) is 5.62. The van der Waals surface area contributed by atoms with Crippen LogP contribution in [0.4, 0.5) is 10.2 Å². The lowest BCUT2D eigenvalue weighted by atomic mass is 10.1. The van der Waals surface area contributed by atoms with Crippen LogP contribution in [0.25, 0.3) is 0 Å². The van der Waals surface area contributed by atoms with Crippen molar-refractivity contribution in [3.63, 3.8) is 0 Å². The zero-order chi connectivity index (χ0) is 13.8. The second-order valence-corrected chi connectivity index (χ2v) is 4.16. The maximum Gasteiger partial charge on any atom is 0.244 e. The molecule has 98 valence electrons. The molecule has 19 heavy (non-hydrogen) atoms. The summed E-state index contributed by atoms with van der Waals surface area (Å²) >= 11 is 5.69. The van der Waals surface area contributed by atoms with Crippen LogP contribution >= 0.6 is 11.6 Å². The van der Waals surface area contributed by atoms with Crippen LogP contribution in [0, 0.1) is 5.82 Å². The molecular weight excluding hydrogens is 271 g/mol. The van der Waals surface area contributed by atoms with E-state index in [4.69, 9.17) is 17.3 Å². The standard InChI is InChI=1S/C12H10ClFN4O/c13-8-5-7(1-2-9(8)14)11(12(15)19)18-10-3-4-16-6-17-10/h1-6,11H,(H2,15,19)(H,16,17,18)/t11-/m0/s1. The van der Waals surface area contributed by atoms with Crippen LogP contribution in [0.2, 0.25) is 5.02 Å². The summed E-state index contributed by atoms with van der Waals surface area (Å²) in [6.45, 7) is 0. The number of hydrogen-bond acceptors (Lipinski definition) is 4. The molecule has 2 rings (SSSR count). The third-order valence-electron chi connectivity index (χ3n) is 2.44. The monoisotopic (exact) mass is 280 g/mol. The topological polar surface area (TPSA) is 80.9 Å². The Morgan fingerprint density at radius 1 is 1.42 bits per heavy atom. The molecule has 0 fully saturated rings. The average molecular weight is 281 g/mol. The fraction of sp³-hybridized carbons (Fsp3) is 0.0833. The zero-order valence-electron chi connectivity index (χ0n) is 9.68. The van der Waals surface area contributed by atoms with Gasteiger partial charge in [-0.3, -0.25) is 4.79 Å². The molecule has 0 aliphatic carbocycles. The van der Waals surface area contributed by atoms with E-state index in [0.717, 1.165) is 0 Å². The van der Waals surface area contributed by atoms with E-state index < -0.39 is 17.8 Å². The highest BCUT2D eigenvalue weighted by Crippen LogP contribution is 2.23. The van der Waals surface area contributed by atoms with E-state index >= 15 is 0 Å². The van der Waals surface area contributed by atoms with Crippen molar-refractivity contribution in [3.05, 3.63) is 53.2 Å². The first-order valence-corrected chi connectivity index (χ1v) is 5.72. The maximum absolute atomic E-state index is 13.1. The van der Waals surface area contributed by atoms with Gasteiger partial charge in [-0.15, -0.1) is 0 Å². The minimum absolute atomic E-state index is 0.0757. The average Bonchev–Trinajstić information content (AvgIpc) is 2.40. The van der Waals surface area contributed by atoms with Gasteiger partial charge in [0.2, 0.25) is 5.91 Å². The summed E-state index contributed by atoms with van der Waals surface area (Å²) in [6, 6.07) is 4.69. The number of carbonyl (C=O) groups excluding carboxylic acids is 1. The Bertz CT molecular complexity index is 594. The first kappa shape index (κ1) is 13.2. The Labute approximate surface area is 113 Å². The van der Waals surface area contributed by atoms with E-state index in [-0.39, 0.29) is 5.02 Å². The molecule has 0 aliphatic rings. The number of hydrogen-bond donors (Lipinski definition) is 2. The van der Waals surface area contributed by atoms with Gasteiger partial charge in [0.25, 0.3) is 0 Å². The first-order valence-electron chi connectivity index (χ1n) is 5.35. The number of nitrogens with two attached hydrogens (primary N) is 1. The van der Waals surface area contributed by atoms with Gasteiger partial charge in [0, 0.05) is 6.20 Å². The van der Waals surface area contributed by atoms with Gasteiger partial charge in [-0.1, -0.05) is 17.7 Å². The van der Waals surface area contributed by atoms with E-state index in [2.05, 4.69) is 15.3 Å². The van der Waals surface area contributed by atoms with Crippen molar-refractivity contribution >= 4 is 23.3 Å². The predicted molar refractivity (Wildman–Crippen MR) is 69.0 cm³/mol. The molecule has 3 N–H and O–H groups in total. The van der Waals surface area contributed by atoms with Crippen molar-refractivity contribution in [2.45, 2.75) is 6.04 Å². The van der Waals surface area contributed by atoms with Crippen LogP contribution in [0.1, 0.15) is 11.6 Å². The molecule has 7 heteroatoms. The lowest BCUT2D eigenvalue weighted by molar-refractivity contribution is -0.118. The molecule has 1 heterocycles. The molecular formula is C12H10ClFN4O. The summed E-state index contributed by atoms with van der Waals surface area (Å²) in [5.74, 6) is -0.754. The van der Waals surface area contributed by atoms with Gasteiger partial charge in [-0.2, -0.15) is 0 Å². The van der Waals surface area contributed by atoms with Gasteiger partial charge in [0.15, 0.2) is 0 Å². The quantitative estimate of drug-likeness (QED) is 0.896. The van der Waals surface area contributed by atoms with Crippen molar-refractivity contribution < 1.29 is 9.18 Å². The summed E-state index contributed by atoms with van der Waals surface area (Å²) in [5.41, 5.74) is 5.78. The fourth-order valence-corrected chi connectivity index (χ4v) is 1.72. The highest BCUT2D eigenvalue weighted by atomic mass is 35.5. The highest BCUT2D eigenvalue weighted by molar-refractivity contribution is 6.30. The highest BCUT2D eigenvalue weighted by Gasteiger charge is 2.19. The summed E-state index contributed by atoms with van der Waals surface area (Å²) in [4.78, 5) is 19.2. The van der Waals surface area contributed by atoms with E-state index in [9.17, 15) is 9.18 Å². The summed E-state index contributed by atoms with van der Waals surface area (Å²) in [5, 5.41) is 2.76. The number of anilines is 1. The third kappa shape index (κ3) is 3.17. The van der Waals surface area contributed by atoms with Crippen LogP contribution < -0.4 is 11.1 Å². The zero-order valence-corrected chi connectivity index (χ0v) is 10.4. The Hall–Kier alpha value is -2.21. The lowest BCUT2D eigenvalue weighted by Crippen LogP contribution is -2.28. The van der Waals surface area contributed by atoms with Gasteiger partial charge >= 0.3 is 0 Å². The molecule has 1 amide bonds. The molecule has 0 spiro atoms. The molecule has 0 unspecified atom stereocenters. The van der Waals surface area contributed by atoms with Crippen LogP contribution in [0.5, 0.6) is 0 Å². The van der Waals surface area contributed by atoms with Crippen molar-refractivity contribution in [1.82, 2.24) is 9.97 Å². The lowest BCUT2D eigenvalue weighted by Gasteiger charge is -2.16. The second-order valence-electron chi connectivity index (χ2n) is 3.75. The van der Waals surface area contributed by atoms with Gasteiger partial charge < -0.3 is 11.1 Å². The number of primary amides is 1. The van der Waals surface area contributed by atoms with E-state index in [1.807, 2.05) is 0 Å². The Kier molecular flexibility index (Phi) is 3.91. The van der Waals surface area contributed by atoms with Crippen molar-refractivity contribution in [2.24, 2.45) is 5.73 Å². The van der Waals surface area contributed by atoms with Crippen LogP contribution in [-0.4, -0.2) is 15.9 Å². The molecule has 0 bridgehead atoms. The Morgan fingerprint density at radius 2 is 2.21 bits per heavy atom. The van der Waals surface area contributed by atoms with E-state index in [1.165, 1.54) is 30.7 Å². The van der Waals surface area contributed by atoms with Crippen molar-refractivity contribution in [2.75, 3.05) is 5.32 Å². The molecule has 2 aromatic rings. The Balaban J connectivity index is 2.30. The fourth-order valence-electron chi connectivity index (χ4n) is 1.53. The van der Waals surface area contributed by atoms with Crippen LogP contribution in [-0.2, 0) is 4.79 Å². The number of amides is 1. The number of nitrogens with one attached hydrogen (secondary N) is 1. The smallest absolute Gasteiger partial charge is 0.244 e. The molecule has 1 aromatic heterocycles. The minimum Gasteiger partial charge on any atom is -0.368 e. The summed E-state index contributed by atoms with van der Waals surface area (Å²) < 4.78 is 13.1. The molecule has 0 saturated heterocycles. The molecule has 0 saturated carbocycles. The van der Waals surface area contributed by atoms with Crippen molar-refractivity contribution in [3.8, 4) is 0 Å². The van der Waals surface area contributed by atoms with Gasteiger partial charge in [0.1, 0.15) is 24.0 Å². The summed E-state index contributed by atoms with van der Waals surface area (Å²) in [6.07, 6.45) is 2.85. The number of halogens is 2. The number of benzene rings is 1. The number of nitrogens with zero attached hydrogens (tertiary/aromatic N) is 2. The molecule has 1 aromatic carbocycles. The van der Waals surface area contributed by atoms with Crippen LogP contribution in [0.15, 0.2) is 36.8 Å². The van der Waals surface area contributed by atoms with E-state index in [0.29, 0.717) is 11.4 Å². The minimum atomic E-state index is -0.854. The number of rotatable bonds is 4. The van der Waals surface area contributed by atoms with Crippen LogP contribution in [0.3, 0.4) is 0 Å². The van der Waals surface area contributed by atoms with Crippen molar-refractivity contribution in [1.29, 1.82) is 0 Å². The normalized spacial score (nSPS) is 11.9. The maximum atomic E-state index is 13.1. The molecule has 0 aliphatic heterocycles. The predicted octanol–water partition coefficient (Wildman–Crippen LogP) is 1.91. The third-order valence-corrected chi connectivity index (χ3v) is 2.73. The molecule has 5 nitrogen and oxygen atoms in total. The SMILES string of the molecule is NC(=O)[C@@H](Nc1ccncn1)c1ccc(F)c(Cl)c1. The van der Waals surface area contributed by atoms with Gasteiger partial charge in [-0.05, 0) is 23.8 Å². The van der Waals surface area contributed by atoms with E-state index in [1.54, 1.807) is 6.07 Å². The summed E-state index contributed by atoms with van der Waals surface area (Å²) in [7, 11) is 0. The Morgan fingerprint density at radius 3 is 2.79 bits per heavy atom. The molecule has 1 atom stereocenters. The number of carbonyl (C=O) groups is 1. The number of aromatic nitrogens is 2. The largest absolute Gasteiger partial charge is 0.368 e. The van der Waals surface area contributed by atoms with Gasteiger partial charge in [0.05, 0.1) is 5.02 Å². The molecule has 0 radical (unpaired) electrons. The van der Waals surface area contributed by atoms with Gasteiger partial charge in [-0.25, -0.2) is 14.4 Å². The first-order chi connectivity index (χ1) is 9.08.